The van der Waals surface area contributed by atoms with Crippen LogP contribution in [0.5, 0.6) is 0 Å². The summed E-state index contributed by atoms with van der Waals surface area (Å²) >= 11 is 0. The Kier molecular flexibility index (Phi) is 2.92. The highest BCUT2D eigenvalue weighted by Gasteiger charge is 2.42. The molecule has 0 radical (unpaired) electrons. The van der Waals surface area contributed by atoms with Gasteiger partial charge in [-0.25, -0.2) is 0 Å². The molecule has 0 aromatic rings. The van der Waals surface area contributed by atoms with Crippen molar-refractivity contribution >= 4 is 0 Å². The second kappa shape index (κ2) is 4.00. The van der Waals surface area contributed by atoms with Crippen LogP contribution in [0.4, 0.5) is 0 Å². The molecule has 2 aliphatic rings. The molecule has 0 aromatic carbocycles. The Morgan fingerprint density at radius 2 is 2.08 bits per heavy atom. The Bertz CT molecular complexity index is 167. The average Bonchev–Trinajstić information content (AvgIpc) is 2.85. The molecule has 2 fully saturated rings. The van der Waals surface area contributed by atoms with Crippen LogP contribution in [-0.4, -0.2) is 13.6 Å². The molecule has 0 amide bonds. The van der Waals surface area contributed by atoms with Crippen LogP contribution in [0.2, 0.25) is 0 Å². The van der Waals surface area contributed by atoms with Crippen LogP contribution in [0.3, 0.4) is 0 Å². The maximum Gasteiger partial charge on any atom is -0.00207 e. The molecule has 1 N–H and O–H groups in total. The summed E-state index contributed by atoms with van der Waals surface area (Å²) in [5, 5.41) is 3.31. The minimum absolute atomic E-state index is 1.01. The summed E-state index contributed by atoms with van der Waals surface area (Å²) in [4.78, 5) is 0. The smallest absolute Gasteiger partial charge is 0.00207 e. The molecule has 1 heteroatoms. The van der Waals surface area contributed by atoms with Gasteiger partial charge in [-0.05, 0) is 50.1 Å². The van der Waals surface area contributed by atoms with E-state index in [2.05, 4.69) is 19.3 Å². The zero-order chi connectivity index (χ0) is 9.26. The molecule has 0 saturated heterocycles. The molecule has 0 bridgehead atoms. The van der Waals surface area contributed by atoms with Crippen molar-refractivity contribution in [3.63, 3.8) is 0 Å². The van der Waals surface area contributed by atoms with Gasteiger partial charge in [0, 0.05) is 0 Å². The number of hydrogen-bond donors (Lipinski definition) is 1. The van der Waals surface area contributed by atoms with Crippen LogP contribution >= 0.6 is 0 Å². The van der Waals surface area contributed by atoms with Crippen LogP contribution < -0.4 is 5.32 Å². The molecule has 2 saturated carbocycles. The Hall–Kier alpha value is -0.0400. The van der Waals surface area contributed by atoms with Gasteiger partial charge >= 0.3 is 0 Å². The molecule has 0 heterocycles. The van der Waals surface area contributed by atoms with Crippen molar-refractivity contribution in [2.75, 3.05) is 13.6 Å². The van der Waals surface area contributed by atoms with Crippen LogP contribution in [0.1, 0.15) is 39.0 Å². The molecule has 1 nitrogen and oxygen atoms in total. The van der Waals surface area contributed by atoms with E-state index in [0.29, 0.717) is 0 Å². The van der Waals surface area contributed by atoms with E-state index in [1.54, 1.807) is 0 Å². The third kappa shape index (κ3) is 2.25. The Morgan fingerprint density at radius 1 is 1.23 bits per heavy atom. The standard InChI is InChI=1S/C12H23N/c1-9-4-3-5-10(6-9)12-7-11(12)8-13-2/h9-13H,3-8H2,1-2H3. The van der Waals surface area contributed by atoms with Gasteiger partial charge in [-0.2, -0.15) is 0 Å². The van der Waals surface area contributed by atoms with Crippen molar-refractivity contribution in [1.82, 2.24) is 5.32 Å². The Labute approximate surface area is 82.3 Å². The van der Waals surface area contributed by atoms with E-state index in [9.17, 15) is 0 Å². The minimum Gasteiger partial charge on any atom is -0.319 e. The van der Waals surface area contributed by atoms with E-state index in [4.69, 9.17) is 0 Å². The molecule has 76 valence electrons. The van der Waals surface area contributed by atoms with Gasteiger partial charge in [0.15, 0.2) is 0 Å². The van der Waals surface area contributed by atoms with Crippen LogP contribution in [0.15, 0.2) is 0 Å². The van der Waals surface area contributed by atoms with Crippen molar-refractivity contribution < 1.29 is 0 Å². The van der Waals surface area contributed by atoms with E-state index >= 15 is 0 Å². The molecule has 0 aliphatic heterocycles. The molecule has 4 atom stereocenters. The first-order chi connectivity index (χ1) is 6.31. The highest BCUT2D eigenvalue weighted by Crippen LogP contribution is 2.49. The lowest BCUT2D eigenvalue weighted by molar-refractivity contribution is 0.248. The van der Waals surface area contributed by atoms with E-state index in [1.807, 2.05) is 0 Å². The number of rotatable bonds is 3. The summed E-state index contributed by atoms with van der Waals surface area (Å²) < 4.78 is 0. The van der Waals surface area contributed by atoms with Crippen LogP contribution in [-0.2, 0) is 0 Å². The maximum absolute atomic E-state index is 3.31. The first-order valence-corrected chi connectivity index (χ1v) is 5.96. The predicted octanol–water partition coefficient (Wildman–Crippen LogP) is 2.67. The lowest BCUT2D eigenvalue weighted by atomic mass is 9.79. The first-order valence-electron chi connectivity index (χ1n) is 5.96. The summed E-state index contributed by atoms with van der Waals surface area (Å²) in [6.45, 7) is 3.69. The Balaban J connectivity index is 1.75. The molecular formula is C12H23N. The summed E-state index contributed by atoms with van der Waals surface area (Å²) in [5.74, 6) is 4.21. The molecule has 4 unspecified atom stereocenters. The monoisotopic (exact) mass is 181 g/mol. The average molecular weight is 181 g/mol. The maximum atomic E-state index is 3.31. The minimum atomic E-state index is 1.01. The van der Waals surface area contributed by atoms with Gasteiger partial charge in [0.2, 0.25) is 0 Å². The zero-order valence-electron chi connectivity index (χ0n) is 9.05. The molecular weight excluding hydrogens is 158 g/mol. The fraction of sp³-hybridized carbons (Fsp3) is 1.00. The third-order valence-electron chi connectivity index (χ3n) is 4.03. The van der Waals surface area contributed by atoms with E-state index < -0.39 is 0 Å². The van der Waals surface area contributed by atoms with Gasteiger partial charge in [-0.3, -0.25) is 0 Å². The van der Waals surface area contributed by atoms with Crippen LogP contribution in [0.25, 0.3) is 0 Å². The molecule has 0 aromatic heterocycles. The van der Waals surface area contributed by atoms with Crippen LogP contribution in [0, 0.1) is 23.7 Å². The number of hydrogen-bond acceptors (Lipinski definition) is 1. The second-order valence-corrected chi connectivity index (χ2v) is 5.25. The van der Waals surface area contributed by atoms with E-state index in [-0.39, 0.29) is 0 Å². The summed E-state index contributed by atoms with van der Waals surface area (Å²) in [5.41, 5.74) is 0. The molecule has 2 rings (SSSR count). The van der Waals surface area contributed by atoms with E-state index in [0.717, 1.165) is 23.7 Å². The quantitative estimate of drug-likeness (QED) is 0.706. The summed E-state index contributed by atoms with van der Waals surface area (Å²) in [6.07, 6.45) is 7.53. The van der Waals surface area contributed by atoms with Crippen molar-refractivity contribution in [3.8, 4) is 0 Å². The van der Waals surface area contributed by atoms with Gasteiger partial charge in [-0.1, -0.05) is 26.2 Å². The largest absolute Gasteiger partial charge is 0.319 e. The predicted molar refractivity (Wildman–Crippen MR) is 56.6 cm³/mol. The lowest BCUT2D eigenvalue weighted by Crippen LogP contribution is -2.18. The van der Waals surface area contributed by atoms with Crippen molar-refractivity contribution in [2.24, 2.45) is 23.7 Å². The second-order valence-electron chi connectivity index (χ2n) is 5.25. The number of nitrogens with one attached hydrogen (secondary N) is 1. The topological polar surface area (TPSA) is 12.0 Å². The summed E-state index contributed by atoms with van der Waals surface area (Å²) in [6, 6.07) is 0. The van der Waals surface area contributed by atoms with Gasteiger partial charge in [-0.15, -0.1) is 0 Å². The fourth-order valence-electron chi connectivity index (χ4n) is 3.22. The van der Waals surface area contributed by atoms with Gasteiger partial charge in [0.05, 0.1) is 0 Å². The van der Waals surface area contributed by atoms with Gasteiger partial charge in [0.1, 0.15) is 0 Å². The van der Waals surface area contributed by atoms with Crippen molar-refractivity contribution in [1.29, 1.82) is 0 Å². The van der Waals surface area contributed by atoms with Crippen molar-refractivity contribution in [3.05, 3.63) is 0 Å². The highest BCUT2D eigenvalue weighted by atomic mass is 14.8. The molecule has 0 spiro atoms. The highest BCUT2D eigenvalue weighted by molar-refractivity contribution is 4.93. The van der Waals surface area contributed by atoms with Crippen molar-refractivity contribution in [2.45, 2.75) is 39.0 Å². The van der Waals surface area contributed by atoms with E-state index in [1.165, 1.54) is 38.6 Å². The SMILES string of the molecule is CNCC1CC1C1CCCC(C)C1. The zero-order valence-corrected chi connectivity index (χ0v) is 9.05. The normalized spacial score (nSPS) is 44.8. The van der Waals surface area contributed by atoms with Gasteiger partial charge < -0.3 is 5.32 Å². The Morgan fingerprint density at radius 3 is 2.77 bits per heavy atom. The summed E-state index contributed by atoms with van der Waals surface area (Å²) in [7, 11) is 2.08. The molecule has 13 heavy (non-hydrogen) atoms. The lowest BCUT2D eigenvalue weighted by Gasteiger charge is -2.27. The third-order valence-corrected chi connectivity index (χ3v) is 4.03. The molecule has 2 aliphatic carbocycles. The van der Waals surface area contributed by atoms with Gasteiger partial charge in [0.25, 0.3) is 0 Å². The fourth-order valence-corrected chi connectivity index (χ4v) is 3.22. The first kappa shape index (κ1) is 9.51.